The lowest BCUT2D eigenvalue weighted by Gasteiger charge is -2.16. The van der Waals surface area contributed by atoms with Crippen LogP contribution >= 0.6 is 0 Å². The molecule has 2 heterocycles. The van der Waals surface area contributed by atoms with Crippen LogP contribution in [0.2, 0.25) is 0 Å². The van der Waals surface area contributed by atoms with Crippen LogP contribution in [-0.2, 0) is 11.2 Å². The van der Waals surface area contributed by atoms with E-state index in [0.717, 1.165) is 51.0 Å². The zero-order valence-electron chi connectivity index (χ0n) is 11.1. The number of anilines is 1. The minimum atomic E-state index is 0.0431. The van der Waals surface area contributed by atoms with Crippen molar-refractivity contribution in [3.63, 3.8) is 0 Å². The quantitative estimate of drug-likeness (QED) is 0.854. The summed E-state index contributed by atoms with van der Waals surface area (Å²) >= 11 is 0. The van der Waals surface area contributed by atoms with Crippen LogP contribution in [0.15, 0.2) is 18.2 Å². The van der Waals surface area contributed by atoms with Gasteiger partial charge in [-0.15, -0.1) is 0 Å². The first-order valence-corrected chi connectivity index (χ1v) is 7.08. The van der Waals surface area contributed by atoms with Gasteiger partial charge in [0.05, 0.1) is 0 Å². The van der Waals surface area contributed by atoms with E-state index in [1.807, 2.05) is 18.2 Å². The Kier molecular flexibility index (Phi) is 3.69. The number of hydrogen-bond acceptors (Lipinski definition) is 3. The third kappa shape index (κ3) is 2.89. The SMILES string of the molecule is O=C(NC1CCCOCC1)c1ccc2c(c1)CCN2. The van der Waals surface area contributed by atoms with Gasteiger partial charge in [0, 0.05) is 37.1 Å². The molecule has 1 aromatic carbocycles. The van der Waals surface area contributed by atoms with Crippen molar-refractivity contribution in [1.29, 1.82) is 0 Å². The molecule has 4 heteroatoms. The third-order valence-electron chi connectivity index (χ3n) is 3.86. The molecule has 1 fully saturated rings. The van der Waals surface area contributed by atoms with Gasteiger partial charge in [0.1, 0.15) is 0 Å². The van der Waals surface area contributed by atoms with E-state index in [1.165, 1.54) is 11.3 Å². The van der Waals surface area contributed by atoms with E-state index < -0.39 is 0 Å². The average Bonchev–Trinajstić information content (AvgIpc) is 2.75. The highest BCUT2D eigenvalue weighted by Crippen LogP contribution is 2.23. The van der Waals surface area contributed by atoms with E-state index in [-0.39, 0.29) is 11.9 Å². The number of benzene rings is 1. The molecule has 0 saturated carbocycles. The molecule has 1 saturated heterocycles. The van der Waals surface area contributed by atoms with Gasteiger partial charge in [0.2, 0.25) is 0 Å². The Morgan fingerprint density at radius 2 is 2.26 bits per heavy atom. The molecule has 0 bridgehead atoms. The summed E-state index contributed by atoms with van der Waals surface area (Å²) in [5.41, 5.74) is 3.18. The minimum absolute atomic E-state index is 0.0431. The van der Waals surface area contributed by atoms with Crippen LogP contribution < -0.4 is 10.6 Å². The van der Waals surface area contributed by atoms with Crippen molar-refractivity contribution in [3.8, 4) is 0 Å². The second-order valence-corrected chi connectivity index (χ2v) is 5.26. The molecule has 1 atom stereocenters. The van der Waals surface area contributed by atoms with E-state index in [1.54, 1.807) is 0 Å². The van der Waals surface area contributed by atoms with Crippen molar-refractivity contribution in [2.45, 2.75) is 31.7 Å². The van der Waals surface area contributed by atoms with Crippen molar-refractivity contribution >= 4 is 11.6 Å². The van der Waals surface area contributed by atoms with Gasteiger partial charge < -0.3 is 15.4 Å². The van der Waals surface area contributed by atoms with Gasteiger partial charge in [-0.2, -0.15) is 0 Å². The fraction of sp³-hybridized carbons (Fsp3) is 0.533. The number of fused-ring (bicyclic) bond motifs is 1. The first-order chi connectivity index (χ1) is 9.33. The molecule has 102 valence electrons. The van der Waals surface area contributed by atoms with Crippen LogP contribution in [0.3, 0.4) is 0 Å². The Hall–Kier alpha value is -1.55. The van der Waals surface area contributed by atoms with E-state index in [9.17, 15) is 4.79 Å². The highest BCUT2D eigenvalue weighted by molar-refractivity contribution is 5.95. The smallest absolute Gasteiger partial charge is 0.251 e. The molecule has 1 amide bonds. The number of amides is 1. The van der Waals surface area contributed by atoms with Crippen molar-refractivity contribution in [2.75, 3.05) is 25.1 Å². The highest BCUT2D eigenvalue weighted by Gasteiger charge is 2.17. The van der Waals surface area contributed by atoms with Crippen molar-refractivity contribution in [2.24, 2.45) is 0 Å². The number of carbonyl (C=O) groups is 1. The van der Waals surface area contributed by atoms with Gasteiger partial charge >= 0.3 is 0 Å². The fourth-order valence-corrected chi connectivity index (χ4v) is 2.76. The van der Waals surface area contributed by atoms with Gasteiger partial charge in [0.15, 0.2) is 0 Å². The zero-order valence-corrected chi connectivity index (χ0v) is 11.1. The largest absolute Gasteiger partial charge is 0.384 e. The first kappa shape index (κ1) is 12.5. The van der Waals surface area contributed by atoms with E-state index in [2.05, 4.69) is 10.6 Å². The van der Waals surface area contributed by atoms with Crippen LogP contribution in [0.5, 0.6) is 0 Å². The Morgan fingerprint density at radius 3 is 3.21 bits per heavy atom. The van der Waals surface area contributed by atoms with Crippen molar-refractivity contribution in [1.82, 2.24) is 5.32 Å². The fourth-order valence-electron chi connectivity index (χ4n) is 2.76. The standard InChI is InChI=1S/C15H20N2O2/c18-15(17-13-2-1-8-19-9-6-13)12-3-4-14-11(10-12)5-7-16-14/h3-4,10,13,16H,1-2,5-9H2,(H,17,18). The molecule has 4 nitrogen and oxygen atoms in total. The number of rotatable bonds is 2. The number of ether oxygens (including phenoxy) is 1. The van der Waals surface area contributed by atoms with E-state index >= 15 is 0 Å². The van der Waals surface area contributed by atoms with Gasteiger partial charge in [-0.05, 0) is 49.4 Å². The molecule has 0 aromatic heterocycles. The number of hydrogen-bond donors (Lipinski definition) is 2. The minimum Gasteiger partial charge on any atom is -0.384 e. The Balaban J connectivity index is 1.66. The Morgan fingerprint density at radius 1 is 1.32 bits per heavy atom. The molecule has 1 aromatic rings. The molecule has 2 aliphatic heterocycles. The van der Waals surface area contributed by atoms with Crippen LogP contribution in [0.4, 0.5) is 5.69 Å². The molecule has 1 unspecified atom stereocenters. The summed E-state index contributed by atoms with van der Waals surface area (Å²) in [4.78, 5) is 12.3. The molecule has 2 aliphatic rings. The number of carbonyl (C=O) groups excluding carboxylic acids is 1. The Labute approximate surface area is 113 Å². The molecular formula is C15H20N2O2. The maximum absolute atomic E-state index is 12.3. The summed E-state index contributed by atoms with van der Waals surface area (Å²) in [7, 11) is 0. The van der Waals surface area contributed by atoms with E-state index in [4.69, 9.17) is 4.74 Å². The zero-order chi connectivity index (χ0) is 13.1. The highest BCUT2D eigenvalue weighted by atomic mass is 16.5. The normalized spacial score (nSPS) is 22.2. The predicted molar refractivity (Wildman–Crippen MR) is 74.6 cm³/mol. The lowest BCUT2D eigenvalue weighted by atomic mass is 10.1. The second kappa shape index (κ2) is 5.61. The molecular weight excluding hydrogens is 240 g/mol. The molecule has 3 rings (SSSR count). The van der Waals surface area contributed by atoms with Crippen LogP contribution in [-0.4, -0.2) is 31.7 Å². The van der Waals surface area contributed by atoms with Gasteiger partial charge in [-0.25, -0.2) is 0 Å². The molecule has 0 radical (unpaired) electrons. The molecule has 0 spiro atoms. The summed E-state index contributed by atoms with van der Waals surface area (Å²) in [6.07, 6.45) is 3.96. The predicted octanol–water partition coefficient (Wildman–Crippen LogP) is 1.95. The van der Waals surface area contributed by atoms with Gasteiger partial charge in [0.25, 0.3) is 5.91 Å². The lowest BCUT2D eigenvalue weighted by Crippen LogP contribution is -2.35. The van der Waals surface area contributed by atoms with Crippen LogP contribution in [0.1, 0.15) is 35.2 Å². The number of nitrogens with one attached hydrogen (secondary N) is 2. The monoisotopic (exact) mass is 260 g/mol. The molecule has 2 N–H and O–H groups in total. The Bertz CT molecular complexity index is 465. The van der Waals surface area contributed by atoms with Crippen LogP contribution in [0.25, 0.3) is 0 Å². The van der Waals surface area contributed by atoms with E-state index in [0.29, 0.717) is 0 Å². The summed E-state index contributed by atoms with van der Waals surface area (Å²) < 4.78 is 5.41. The lowest BCUT2D eigenvalue weighted by molar-refractivity contribution is 0.0929. The molecule has 0 aliphatic carbocycles. The summed E-state index contributed by atoms with van der Waals surface area (Å²) in [6, 6.07) is 6.17. The average molecular weight is 260 g/mol. The van der Waals surface area contributed by atoms with Gasteiger partial charge in [-0.3, -0.25) is 4.79 Å². The van der Waals surface area contributed by atoms with Crippen molar-refractivity contribution in [3.05, 3.63) is 29.3 Å². The summed E-state index contributed by atoms with van der Waals surface area (Å²) in [5, 5.41) is 6.43. The van der Waals surface area contributed by atoms with Gasteiger partial charge in [-0.1, -0.05) is 0 Å². The van der Waals surface area contributed by atoms with Crippen LogP contribution in [0, 0.1) is 0 Å². The first-order valence-electron chi connectivity index (χ1n) is 7.08. The van der Waals surface area contributed by atoms with Crippen molar-refractivity contribution < 1.29 is 9.53 Å². The second-order valence-electron chi connectivity index (χ2n) is 5.26. The third-order valence-corrected chi connectivity index (χ3v) is 3.86. The summed E-state index contributed by atoms with van der Waals surface area (Å²) in [6.45, 7) is 2.54. The maximum atomic E-state index is 12.3. The summed E-state index contributed by atoms with van der Waals surface area (Å²) in [5.74, 6) is 0.0431. The maximum Gasteiger partial charge on any atom is 0.251 e. The molecule has 19 heavy (non-hydrogen) atoms. The topological polar surface area (TPSA) is 50.4 Å².